The van der Waals surface area contributed by atoms with Gasteiger partial charge < -0.3 is 9.80 Å². The van der Waals surface area contributed by atoms with E-state index in [-0.39, 0.29) is 0 Å². The molecule has 2 aliphatic heterocycles. The van der Waals surface area contributed by atoms with E-state index in [0.717, 1.165) is 76.5 Å². The molecule has 2 aromatic rings. The molecule has 2 saturated heterocycles. The van der Waals surface area contributed by atoms with Gasteiger partial charge in [-0.3, -0.25) is 9.69 Å². The first-order valence-electron chi connectivity index (χ1n) is 8.72. The van der Waals surface area contributed by atoms with Crippen LogP contribution >= 0.6 is 0 Å². The van der Waals surface area contributed by atoms with Crippen molar-refractivity contribution in [1.29, 1.82) is 0 Å². The number of rotatable bonds is 5. The van der Waals surface area contributed by atoms with E-state index in [1.54, 1.807) is 10.8 Å². The largest absolute Gasteiger partial charge is 0.353 e. The fourth-order valence-electron chi connectivity index (χ4n) is 3.51. The molecule has 0 unspecified atom stereocenters. The Balaban J connectivity index is 1.25. The molecular weight excluding hydrogens is 306 g/mol. The number of carbonyl (C=O) groups is 1. The Labute approximate surface area is 141 Å². The predicted molar refractivity (Wildman–Crippen MR) is 89.9 cm³/mol. The average Bonchev–Trinajstić information content (AvgIpc) is 3.24. The molecule has 0 aromatic carbocycles. The molecule has 4 rings (SSSR count). The van der Waals surface area contributed by atoms with E-state index < -0.39 is 0 Å². The normalized spacial score (nSPS) is 19.6. The van der Waals surface area contributed by atoms with Crippen molar-refractivity contribution in [3.8, 4) is 0 Å². The summed E-state index contributed by atoms with van der Waals surface area (Å²) >= 11 is 0. The van der Waals surface area contributed by atoms with Crippen LogP contribution in [0.4, 0.5) is 5.82 Å². The van der Waals surface area contributed by atoms with Gasteiger partial charge in [-0.15, -0.1) is 15.3 Å². The van der Waals surface area contributed by atoms with Crippen LogP contribution in [-0.4, -0.2) is 81.3 Å². The number of aromatic nitrogens is 4. The maximum absolute atomic E-state index is 11.6. The lowest BCUT2D eigenvalue weighted by atomic mass is 10.2. The standard InChI is InChI=1S/C16H23N7O/c24-16-3-1-7-22(16)8-2-6-20-9-11-21(12-10-20)15-5-4-14-18-17-13-23(14)19-15/h4-5,13H,1-3,6-12H2. The second kappa shape index (κ2) is 6.72. The SMILES string of the molecule is O=C1CCCN1CCCN1CCN(c2ccc3nncn3n2)CC1. The van der Waals surface area contributed by atoms with E-state index in [4.69, 9.17) is 0 Å². The number of hydrogen-bond acceptors (Lipinski definition) is 6. The minimum absolute atomic E-state index is 0.329. The van der Waals surface area contributed by atoms with Gasteiger partial charge in [-0.25, -0.2) is 0 Å². The van der Waals surface area contributed by atoms with Crippen molar-refractivity contribution in [3.63, 3.8) is 0 Å². The Hall–Kier alpha value is -2.22. The van der Waals surface area contributed by atoms with Gasteiger partial charge in [0, 0.05) is 45.7 Å². The molecule has 2 aliphatic rings. The van der Waals surface area contributed by atoms with Gasteiger partial charge >= 0.3 is 0 Å². The highest BCUT2D eigenvalue weighted by Crippen LogP contribution is 2.14. The van der Waals surface area contributed by atoms with Gasteiger partial charge in [0.25, 0.3) is 0 Å². The number of hydrogen-bond donors (Lipinski definition) is 0. The van der Waals surface area contributed by atoms with Crippen LogP contribution in [0.15, 0.2) is 18.5 Å². The van der Waals surface area contributed by atoms with E-state index >= 15 is 0 Å². The molecule has 0 atom stereocenters. The van der Waals surface area contributed by atoms with Gasteiger partial charge in [-0.1, -0.05) is 0 Å². The lowest BCUT2D eigenvalue weighted by molar-refractivity contribution is -0.127. The smallest absolute Gasteiger partial charge is 0.222 e. The third kappa shape index (κ3) is 3.19. The molecule has 0 bridgehead atoms. The molecule has 0 saturated carbocycles. The number of anilines is 1. The molecule has 8 heteroatoms. The quantitative estimate of drug-likeness (QED) is 0.784. The minimum atomic E-state index is 0.329. The van der Waals surface area contributed by atoms with Crippen LogP contribution < -0.4 is 4.90 Å². The van der Waals surface area contributed by atoms with Gasteiger partial charge in [0.2, 0.25) is 5.91 Å². The zero-order chi connectivity index (χ0) is 16.4. The van der Waals surface area contributed by atoms with Crippen molar-refractivity contribution in [3.05, 3.63) is 18.5 Å². The molecule has 0 aliphatic carbocycles. The van der Waals surface area contributed by atoms with Crippen LogP contribution in [0.5, 0.6) is 0 Å². The summed E-state index contributed by atoms with van der Waals surface area (Å²) in [6, 6.07) is 3.97. The zero-order valence-corrected chi connectivity index (χ0v) is 13.8. The first kappa shape index (κ1) is 15.3. The van der Waals surface area contributed by atoms with Crippen LogP contribution in [0.25, 0.3) is 5.65 Å². The lowest BCUT2D eigenvalue weighted by Gasteiger charge is -2.35. The topological polar surface area (TPSA) is 69.9 Å². The van der Waals surface area contributed by atoms with Crippen LogP contribution in [0, 0.1) is 0 Å². The number of likely N-dealkylation sites (tertiary alicyclic amines) is 1. The maximum atomic E-state index is 11.6. The molecule has 0 spiro atoms. The van der Waals surface area contributed by atoms with E-state index in [1.165, 1.54) is 0 Å². The molecule has 0 radical (unpaired) electrons. The van der Waals surface area contributed by atoms with Crippen molar-refractivity contribution in [2.45, 2.75) is 19.3 Å². The highest BCUT2D eigenvalue weighted by Gasteiger charge is 2.21. The number of carbonyl (C=O) groups excluding carboxylic acids is 1. The fourth-order valence-corrected chi connectivity index (χ4v) is 3.51. The summed E-state index contributed by atoms with van der Waals surface area (Å²) in [6.45, 7) is 6.95. The van der Waals surface area contributed by atoms with Gasteiger partial charge in [0.15, 0.2) is 5.65 Å². The van der Waals surface area contributed by atoms with Crippen molar-refractivity contribution in [1.82, 2.24) is 29.6 Å². The third-order valence-corrected chi connectivity index (χ3v) is 4.92. The Morgan fingerprint density at radius 1 is 1.04 bits per heavy atom. The van der Waals surface area contributed by atoms with E-state index in [0.29, 0.717) is 5.91 Å². The summed E-state index contributed by atoms with van der Waals surface area (Å²) in [6.07, 6.45) is 4.47. The lowest BCUT2D eigenvalue weighted by Crippen LogP contribution is -2.47. The number of nitrogens with zero attached hydrogens (tertiary/aromatic N) is 7. The van der Waals surface area contributed by atoms with Crippen LogP contribution in [0.3, 0.4) is 0 Å². The summed E-state index contributed by atoms with van der Waals surface area (Å²) in [4.78, 5) is 18.4. The summed E-state index contributed by atoms with van der Waals surface area (Å²) in [5.74, 6) is 1.31. The first-order chi connectivity index (χ1) is 11.8. The third-order valence-electron chi connectivity index (χ3n) is 4.92. The summed E-state index contributed by atoms with van der Waals surface area (Å²) < 4.78 is 1.72. The zero-order valence-electron chi connectivity index (χ0n) is 13.8. The van der Waals surface area contributed by atoms with Crippen molar-refractivity contribution >= 4 is 17.4 Å². The van der Waals surface area contributed by atoms with Crippen molar-refractivity contribution in [2.24, 2.45) is 0 Å². The second-order valence-electron chi connectivity index (χ2n) is 6.49. The Bertz CT molecular complexity index is 707. The van der Waals surface area contributed by atoms with Crippen LogP contribution in [0.1, 0.15) is 19.3 Å². The highest BCUT2D eigenvalue weighted by molar-refractivity contribution is 5.77. The second-order valence-corrected chi connectivity index (χ2v) is 6.49. The molecule has 2 fully saturated rings. The van der Waals surface area contributed by atoms with Crippen molar-refractivity contribution < 1.29 is 4.79 Å². The molecule has 24 heavy (non-hydrogen) atoms. The Morgan fingerprint density at radius 2 is 1.92 bits per heavy atom. The van der Waals surface area contributed by atoms with Crippen LogP contribution in [0.2, 0.25) is 0 Å². The van der Waals surface area contributed by atoms with Gasteiger partial charge in [-0.2, -0.15) is 4.52 Å². The molecule has 8 nitrogen and oxygen atoms in total. The molecule has 0 N–H and O–H groups in total. The average molecular weight is 329 g/mol. The molecule has 2 aromatic heterocycles. The predicted octanol–water partition coefficient (Wildman–Crippen LogP) is 0.259. The van der Waals surface area contributed by atoms with Crippen molar-refractivity contribution in [2.75, 3.05) is 50.7 Å². The highest BCUT2D eigenvalue weighted by atomic mass is 16.2. The summed E-state index contributed by atoms with van der Waals surface area (Å²) in [7, 11) is 0. The number of fused-ring (bicyclic) bond motifs is 1. The Kier molecular flexibility index (Phi) is 4.29. The number of piperazine rings is 1. The van der Waals surface area contributed by atoms with Crippen LogP contribution in [-0.2, 0) is 4.79 Å². The minimum Gasteiger partial charge on any atom is -0.353 e. The maximum Gasteiger partial charge on any atom is 0.222 e. The monoisotopic (exact) mass is 329 g/mol. The van der Waals surface area contributed by atoms with E-state index in [1.807, 2.05) is 17.0 Å². The van der Waals surface area contributed by atoms with Gasteiger partial charge in [0.05, 0.1) is 0 Å². The Morgan fingerprint density at radius 3 is 2.71 bits per heavy atom. The molecule has 128 valence electrons. The van der Waals surface area contributed by atoms with Gasteiger partial charge in [0.1, 0.15) is 12.1 Å². The van der Waals surface area contributed by atoms with E-state index in [9.17, 15) is 4.79 Å². The summed E-state index contributed by atoms with van der Waals surface area (Å²) in [5, 5.41) is 12.4. The molecular formula is C16H23N7O. The van der Waals surface area contributed by atoms with E-state index in [2.05, 4.69) is 25.1 Å². The fraction of sp³-hybridized carbons (Fsp3) is 0.625. The summed E-state index contributed by atoms with van der Waals surface area (Å²) in [5.41, 5.74) is 0.772. The van der Waals surface area contributed by atoms with Gasteiger partial charge in [-0.05, 0) is 31.5 Å². The first-order valence-corrected chi connectivity index (χ1v) is 8.72. The molecule has 4 heterocycles. The number of amides is 1. The molecule has 1 amide bonds.